The molecule has 0 spiro atoms. The molecule has 0 aliphatic heterocycles. The average molecular weight is 321 g/mol. The molecule has 1 aromatic carbocycles. The minimum atomic E-state index is -3.27. The number of anilines is 1. The Morgan fingerprint density at radius 3 is 2.24 bits per heavy atom. The number of rotatable bonds is 5. The second-order valence-electron chi connectivity index (χ2n) is 3.95. The molecular weight excluding hydrogens is 304 g/mol. The fourth-order valence-corrected chi connectivity index (χ4v) is 2.75. The Morgan fingerprint density at radius 2 is 1.76 bits per heavy atom. The van der Waals surface area contributed by atoms with Crippen LogP contribution in [0.2, 0.25) is 0 Å². The van der Waals surface area contributed by atoms with Crippen molar-refractivity contribution in [1.82, 2.24) is 5.32 Å². The highest BCUT2D eigenvalue weighted by Gasteiger charge is 2.11. The molecule has 96 valence electrons. The number of halogens is 1. The fourth-order valence-electron chi connectivity index (χ4n) is 1.47. The zero-order valence-electron chi connectivity index (χ0n) is 10.2. The average Bonchev–Trinajstić information content (AvgIpc) is 2.22. The van der Waals surface area contributed by atoms with Crippen molar-refractivity contribution >= 4 is 31.6 Å². The van der Waals surface area contributed by atoms with Gasteiger partial charge < -0.3 is 5.32 Å². The van der Waals surface area contributed by atoms with Crippen LogP contribution in [-0.4, -0.2) is 27.8 Å². The second kappa shape index (κ2) is 5.84. The molecular formula is C11H17BrN2O2S. The van der Waals surface area contributed by atoms with Crippen molar-refractivity contribution in [2.24, 2.45) is 0 Å². The van der Waals surface area contributed by atoms with Crippen molar-refractivity contribution in [1.29, 1.82) is 0 Å². The maximum absolute atomic E-state index is 11.7. The van der Waals surface area contributed by atoms with Gasteiger partial charge in [-0.05, 0) is 44.2 Å². The van der Waals surface area contributed by atoms with Gasteiger partial charge in [0.25, 0.3) is 0 Å². The Labute approximate surface area is 111 Å². The third kappa shape index (κ3) is 4.29. The molecule has 0 atom stereocenters. The molecule has 0 saturated heterocycles. The van der Waals surface area contributed by atoms with Gasteiger partial charge in [-0.2, -0.15) is 0 Å². The maximum Gasteiger partial charge on any atom is 0.233 e. The highest BCUT2D eigenvalue weighted by molar-refractivity contribution is 9.10. The lowest BCUT2D eigenvalue weighted by atomic mass is 10.1. The maximum atomic E-state index is 11.7. The smallest absolute Gasteiger partial charge is 0.233 e. The zero-order chi connectivity index (χ0) is 13.1. The summed E-state index contributed by atoms with van der Waals surface area (Å²) in [5.74, 6) is 0.0671. The molecule has 1 aromatic rings. The van der Waals surface area contributed by atoms with E-state index in [4.69, 9.17) is 0 Å². The number of benzene rings is 1. The van der Waals surface area contributed by atoms with E-state index in [-0.39, 0.29) is 5.75 Å². The SMILES string of the molecule is CNCCS(=O)(=O)Nc1cc(C)c(Br)c(C)c1. The first-order valence-electron chi connectivity index (χ1n) is 5.27. The van der Waals surface area contributed by atoms with Gasteiger partial charge in [0.1, 0.15) is 0 Å². The molecule has 4 nitrogen and oxygen atoms in total. The summed E-state index contributed by atoms with van der Waals surface area (Å²) in [5.41, 5.74) is 2.63. The molecule has 0 aromatic heterocycles. The molecule has 6 heteroatoms. The Morgan fingerprint density at radius 1 is 1.24 bits per heavy atom. The Bertz CT molecular complexity index is 477. The van der Waals surface area contributed by atoms with Gasteiger partial charge in [0.2, 0.25) is 10.0 Å². The molecule has 17 heavy (non-hydrogen) atoms. The molecule has 0 bridgehead atoms. The van der Waals surface area contributed by atoms with E-state index in [1.165, 1.54) is 0 Å². The van der Waals surface area contributed by atoms with Crippen LogP contribution in [0.15, 0.2) is 16.6 Å². The number of nitrogens with one attached hydrogen (secondary N) is 2. The summed E-state index contributed by atoms with van der Waals surface area (Å²) in [5, 5.41) is 2.81. The first kappa shape index (κ1) is 14.5. The highest BCUT2D eigenvalue weighted by Crippen LogP contribution is 2.25. The van der Waals surface area contributed by atoms with E-state index in [0.29, 0.717) is 12.2 Å². The third-order valence-electron chi connectivity index (χ3n) is 2.33. The first-order valence-corrected chi connectivity index (χ1v) is 7.72. The summed E-state index contributed by atoms with van der Waals surface area (Å²) in [6.45, 7) is 4.30. The van der Waals surface area contributed by atoms with Gasteiger partial charge in [-0.3, -0.25) is 4.72 Å². The summed E-state index contributed by atoms with van der Waals surface area (Å²) < 4.78 is 27.0. The number of aryl methyl sites for hydroxylation is 2. The van der Waals surface area contributed by atoms with Crippen molar-refractivity contribution in [2.75, 3.05) is 24.1 Å². The summed E-state index contributed by atoms with van der Waals surface area (Å²) in [4.78, 5) is 0. The van der Waals surface area contributed by atoms with E-state index in [1.807, 2.05) is 26.0 Å². The largest absolute Gasteiger partial charge is 0.319 e. The molecule has 0 saturated carbocycles. The standard InChI is InChI=1S/C11H17BrN2O2S/c1-8-6-10(7-9(2)11(8)12)14-17(15,16)5-4-13-3/h6-7,13-14H,4-5H2,1-3H3. The zero-order valence-corrected chi connectivity index (χ0v) is 12.6. The van der Waals surface area contributed by atoms with E-state index < -0.39 is 10.0 Å². The number of sulfonamides is 1. The topological polar surface area (TPSA) is 58.2 Å². The molecule has 0 aliphatic rings. The van der Waals surface area contributed by atoms with E-state index in [0.717, 1.165) is 15.6 Å². The van der Waals surface area contributed by atoms with Gasteiger partial charge in [0.15, 0.2) is 0 Å². The van der Waals surface area contributed by atoms with Crippen molar-refractivity contribution in [3.05, 3.63) is 27.7 Å². The van der Waals surface area contributed by atoms with Gasteiger partial charge in [0, 0.05) is 16.7 Å². The van der Waals surface area contributed by atoms with Gasteiger partial charge in [-0.1, -0.05) is 15.9 Å². The summed E-state index contributed by atoms with van der Waals surface area (Å²) in [7, 11) is -1.55. The molecule has 0 fully saturated rings. The Kier molecular flexibility index (Phi) is 4.97. The summed E-state index contributed by atoms with van der Waals surface area (Å²) >= 11 is 3.45. The number of hydrogen-bond acceptors (Lipinski definition) is 3. The van der Waals surface area contributed by atoms with Gasteiger partial charge in [0.05, 0.1) is 5.75 Å². The van der Waals surface area contributed by atoms with Crippen LogP contribution in [0.3, 0.4) is 0 Å². The molecule has 2 N–H and O–H groups in total. The summed E-state index contributed by atoms with van der Waals surface area (Å²) in [6, 6.07) is 3.63. The minimum Gasteiger partial charge on any atom is -0.319 e. The summed E-state index contributed by atoms with van der Waals surface area (Å²) in [6.07, 6.45) is 0. The van der Waals surface area contributed by atoms with E-state index in [9.17, 15) is 8.42 Å². The van der Waals surface area contributed by atoms with E-state index in [1.54, 1.807) is 7.05 Å². The van der Waals surface area contributed by atoms with Gasteiger partial charge in [-0.25, -0.2) is 8.42 Å². The minimum absolute atomic E-state index is 0.0671. The lowest BCUT2D eigenvalue weighted by Gasteiger charge is -2.11. The van der Waals surface area contributed by atoms with Crippen LogP contribution in [0.1, 0.15) is 11.1 Å². The first-order chi connectivity index (χ1) is 7.85. The van der Waals surface area contributed by atoms with Crippen LogP contribution < -0.4 is 10.0 Å². The molecule has 0 amide bonds. The van der Waals surface area contributed by atoms with Crippen LogP contribution in [0, 0.1) is 13.8 Å². The monoisotopic (exact) mass is 320 g/mol. The molecule has 0 heterocycles. The van der Waals surface area contributed by atoms with Crippen LogP contribution in [0.4, 0.5) is 5.69 Å². The Balaban J connectivity index is 2.89. The second-order valence-corrected chi connectivity index (χ2v) is 6.58. The molecule has 0 aliphatic carbocycles. The number of hydrogen-bond donors (Lipinski definition) is 2. The third-order valence-corrected chi connectivity index (χ3v) is 4.87. The molecule has 0 unspecified atom stereocenters. The highest BCUT2D eigenvalue weighted by atomic mass is 79.9. The fraction of sp³-hybridized carbons (Fsp3) is 0.455. The van der Waals surface area contributed by atoms with Crippen LogP contribution >= 0.6 is 15.9 Å². The van der Waals surface area contributed by atoms with Crippen LogP contribution in [-0.2, 0) is 10.0 Å². The van der Waals surface area contributed by atoms with Crippen LogP contribution in [0.5, 0.6) is 0 Å². The van der Waals surface area contributed by atoms with Gasteiger partial charge in [-0.15, -0.1) is 0 Å². The van der Waals surface area contributed by atoms with Crippen LogP contribution in [0.25, 0.3) is 0 Å². The van der Waals surface area contributed by atoms with E-state index >= 15 is 0 Å². The van der Waals surface area contributed by atoms with Crippen molar-refractivity contribution in [2.45, 2.75) is 13.8 Å². The van der Waals surface area contributed by atoms with E-state index in [2.05, 4.69) is 26.0 Å². The lowest BCUT2D eigenvalue weighted by molar-refractivity contribution is 0.599. The van der Waals surface area contributed by atoms with Crippen molar-refractivity contribution in [3.63, 3.8) is 0 Å². The van der Waals surface area contributed by atoms with Crippen molar-refractivity contribution < 1.29 is 8.42 Å². The Hall–Kier alpha value is -0.590. The molecule has 0 radical (unpaired) electrons. The predicted octanol–water partition coefficient (Wildman–Crippen LogP) is 2.03. The normalized spacial score (nSPS) is 11.5. The lowest BCUT2D eigenvalue weighted by Crippen LogP contribution is -2.24. The van der Waals surface area contributed by atoms with Gasteiger partial charge >= 0.3 is 0 Å². The van der Waals surface area contributed by atoms with Crippen molar-refractivity contribution in [3.8, 4) is 0 Å². The quantitative estimate of drug-likeness (QED) is 0.872. The predicted molar refractivity (Wildman–Crippen MR) is 75.0 cm³/mol. The molecule has 1 rings (SSSR count).